The van der Waals surface area contributed by atoms with Crippen molar-refractivity contribution in [1.82, 2.24) is 5.32 Å². The van der Waals surface area contributed by atoms with Crippen LogP contribution in [-0.2, 0) is 23.9 Å². The van der Waals surface area contributed by atoms with Crippen molar-refractivity contribution in [2.45, 2.75) is 19.1 Å². The van der Waals surface area contributed by atoms with Crippen LogP contribution >= 0.6 is 0 Å². The fraction of sp³-hybridized carbons (Fsp3) is 0.316. The molecule has 27 heavy (non-hydrogen) atoms. The first-order chi connectivity index (χ1) is 12.8. The van der Waals surface area contributed by atoms with E-state index in [1.165, 1.54) is 33.5 Å². The molecule has 146 valence electrons. The van der Waals surface area contributed by atoms with E-state index < -0.39 is 11.7 Å². The minimum Gasteiger partial charge on any atom is -0.493 e. The van der Waals surface area contributed by atoms with Gasteiger partial charge in [0.05, 0.1) is 33.3 Å². The van der Waals surface area contributed by atoms with Crippen molar-refractivity contribution >= 4 is 5.91 Å². The number of ether oxygens (including phenoxy) is 3. The summed E-state index contributed by atoms with van der Waals surface area (Å²) in [5.41, 5.74) is 0.491. The Labute approximate surface area is 155 Å². The molecule has 0 atom stereocenters. The lowest BCUT2D eigenvalue weighted by molar-refractivity contribution is -0.137. The number of carbonyl (C=O) groups is 1. The van der Waals surface area contributed by atoms with Gasteiger partial charge in [0, 0.05) is 6.54 Å². The van der Waals surface area contributed by atoms with Gasteiger partial charge in [0.2, 0.25) is 11.7 Å². The number of amides is 1. The lowest BCUT2D eigenvalue weighted by Crippen LogP contribution is -2.24. The Morgan fingerprint density at radius 1 is 0.926 bits per heavy atom. The average molecular weight is 383 g/mol. The van der Waals surface area contributed by atoms with Crippen molar-refractivity contribution in [3.63, 3.8) is 0 Å². The maximum Gasteiger partial charge on any atom is 0.416 e. The Kier molecular flexibility index (Phi) is 6.55. The molecule has 0 saturated carbocycles. The zero-order valence-electron chi connectivity index (χ0n) is 15.1. The monoisotopic (exact) mass is 383 g/mol. The average Bonchev–Trinajstić information content (AvgIpc) is 2.65. The van der Waals surface area contributed by atoms with Crippen LogP contribution in [0.3, 0.4) is 0 Å². The van der Waals surface area contributed by atoms with E-state index in [0.29, 0.717) is 28.4 Å². The fourth-order valence-corrected chi connectivity index (χ4v) is 2.50. The number of hydrogen-bond acceptors (Lipinski definition) is 4. The molecule has 0 aliphatic rings. The summed E-state index contributed by atoms with van der Waals surface area (Å²) in [5.74, 6) is 1.00. The molecule has 0 unspecified atom stereocenters. The molecule has 0 radical (unpaired) electrons. The summed E-state index contributed by atoms with van der Waals surface area (Å²) in [5, 5.41) is 2.68. The van der Waals surface area contributed by atoms with Gasteiger partial charge >= 0.3 is 6.18 Å². The smallest absolute Gasteiger partial charge is 0.416 e. The molecule has 0 bridgehead atoms. The van der Waals surface area contributed by atoms with Crippen molar-refractivity contribution in [3.8, 4) is 17.2 Å². The number of hydrogen-bond donors (Lipinski definition) is 1. The van der Waals surface area contributed by atoms with Crippen molar-refractivity contribution in [1.29, 1.82) is 0 Å². The molecule has 0 spiro atoms. The van der Waals surface area contributed by atoms with E-state index in [4.69, 9.17) is 14.2 Å². The summed E-state index contributed by atoms with van der Waals surface area (Å²) in [4.78, 5) is 12.2. The first-order valence-electron chi connectivity index (χ1n) is 8.00. The number of benzene rings is 2. The number of rotatable bonds is 7. The summed E-state index contributed by atoms with van der Waals surface area (Å²) in [6, 6.07) is 7.98. The maximum absolute atomic E-state index is 12.6. The topological polar surface area (TPSA) is 56.8 Å². The summed E-state index contributed by atoms with van der Waals surface area (Å²) < 4.78 is 53.4. The highest BCUT2D eigenvalue weighted by molar-refractivity contribution is 5.79. The van der Waals surface area contributed by atoms with Crippen LogP contribution in [-0.4, -0.2) is 27.2 Å². The first-order valence-corrected chi connectivity index (χ1v) is 8.00. The fourth-order valence-electron chi connectivity index (χ4n) is 2.50. The zero-order valence-corrected chi connectivity index (χ0v) is 15.1. The SMILES string of the molecule is COc1cc(CC(=O)NCc2ccc(C(F)(F)F)cc2)cc(OC)c1OC. The molecule has 0 aliphatic heterocycles. The van der Waals surface area contributed by atoms with Crippen molar-refractivity contribution < 1.29 is 32.2 Å². The Morgan fingerprint density at radius 3 is 1.93 bits per heavy atom. The Balaban J connectivity index is 2.01. The summed E-state index contributed by atoms with van der Waals surface area (Å²) in [7, 11) is 4.44. The molecule has 0 heterocycles. The maximum atomic E-state index is 12.6. The number of nitrogens with one attached hydrogen (secondary N) is 1. The van der Waals surface area contributed by atoms with Crippen LogP contribution in [0.25, 0.3) is 0 Å². The second-order valence-corrected chi connectivity index (χ2v) is 5.68. The van der Waals surface area contributed by atoms with Crippen LogP contribution in [0.15, 0.2) is 36.4 Å². The molecule has 1 N–H and O–H groups in total. The highest BCUT2D eigenvalue weighted by Gasteiger charge is 2.29. The third kappa shape index (κ3) is 5.29. The largest absolute Gasteiger partial charge is 0.493 e. The second-order valence-electron chi connectivity index (χ2n) is 5.68. The molecule has 1 amide bonds. The predicted molar refractivity (Wildman–Crippen MR) is 93.1 cm³/mol. The summed E-state index contributed by atoms with van der Waals surface area (Å²) in [6.07, 6.45) is -4.33. The van der Waals surface area contributed by atoms with E-state index in [1.54, 1.807) is 12.1 Å². The zero-order chi connectivity index (χ0) is 20.0. The second kappa shape index (κ2) is 8.66. The highest BCUT2D eigenvalue weighted by atomic mass is 19.4. The van der Waals surface area contributed by atoms with Crippen molar-refractivity contribution in [3.05, 3.63) is 53.1 Å². The molecule has 2 rings (SSSR count). The van der Waals surface area contributed by atoms with Gasteiger partial charge in [-0.05, 0) is 35.4 Å². The number of methoxy groups -OCH3 is 3. The van der Waals surface area contributed by atoms with Crippen LogP contribution in [0.4, 0.5) is 13.2 Å². The van der Waals surface area contributed by atoms with Gasteiger partial charge in [-0.1, -0.05) is 12.1 Å². The molecule has 8 heteroatoms. The van der Waals surface area contributed by atoms with Crippen LogP contribution in [0, 0.1) is 0 Å². The van der Waals surface area contributed by atoms with Crippen LogP contribution in [0.5, 0.6) is 17.2 Å². The van der Waals surface area contributed by atoms with E-state index in [-0.39, 0.29) is 18.9 Å². The van der Waals surface area contributed by atoms with Gasteiger partial charge in [0.1, 0.15) is 0 Å². The molecular formula is C19H20F3NO4. The van der Waals surface area contributed by atoms with Crippen LogP contribution in [0.1, 0.15) is 16.7 Å². The molecule has 0 fully saturated rings. The third-order valence-corrected chi connectivity index (χ3v) is 3.86. The van der Waals surface area contributed by atoms with Crippen molar-refractivity contribution in [2.24, 2.45) is 0 Å². The minimum absolute atomic E-state index is 0.0529. The van der Waals surface area contributed by atoms with Gasteiger partial charge in [-0.15, -0.1) is 0 Å². The van der Waals surface area contributed by atoms with E-state index in [0.717, 1.165) is 12.1 Å². The van der Waals surface area contributed by atoms with Crippen LogP contribution in [0.2, 0.25) is 0 Å². The number of alkyl halides is 3. The van der Waals surface area contributed by atoms with E-state index in [2.05, 4.69) is 5.32 Å². The summed E-state index contributed by atoms with van der Waals surface area (Å²) >= 11 is 0. The molecule has 0 saturated heterocycles. The molecule has 0 aromatic heterocycles. The first kappa shape index (κ1) is 20.4. The molecule has 5 nitrogen and oxygen atoms in total. The molecule has 2 aromatic carbocycles. The molecule has 2 aromatic rings. The molecular weight excluding hydrogens is 363 g/mol. The van der Waals surface area contributed by atoms with E-state index in [9.17, 15) is 18.0 Å². The standard InChI is InChI=1S/C19H20F3NO4/c1-25-15-8-13(9-16(26-2)18(15)27-3)10-17(24)23-11-12-4-6-14(7-5-12)19(20,21)22/h4-9H,10-11H2,1-3H3,(H,23,24). The Morgan fingerprint density at radius 2 is 1.48 bits per heavy atom. The normalized spacial score (nSPS) is 11.0. The lowest BCUT2D eigenvalue weighted by Gasteiger charge is -2.14. The van der Waals surface area contributed by atoms with Gasteiger partial charge in [0.15, 0.2) is 11.5 Å². The van der Waals surface area contributed by atoms with Gasteiger partial charge < -0.3 is 19.5 Å². The van der Waals surface area contributed by atoms with Gasteiger partial charge in [-0.25, -0.2) is 0 Å². The number of carbonyl (C=O) groups excluding carboxylic acids is 1. The lowest BCUT2D eigenvalue weighted by atomic mass is 10.1. The molecule has 0 aliphatic carbocycles. The van der Waals surface area contributed by atoms with Gasteiger partial charge in [-0.2, -0.15) is 13.2 Å². The van der Waals surface area contributed by atoms with Gasteiger partial charge in [-0.3, -0.25) is 4.79 Å². The Bertz CT molecular complexity index is 764. The third-order valence-electron chi connectivity index (χ3n) is 3.86. The highest BCUT2D eigenvalue weighted by Crippen LogP contribution is 2.38. The number of halogens is 3. The summed E-state index contributed by atoms with van der Waals surface area (Å²) in [6.45, 7) is 0.126. The predicted octanol–water partition coefficient (Wildman–Crippen LogP) is 3.59. The van der Waals surface area contributed by atoms with Crippen molar-refractivity contribution in [2.75, 3.05) is 21.3 Å². The Hall–Kier alpha value is -2.90. The van der Waals surface area contributed by atoms with Gasteiger partial charge in [0.25, 0.3) is 0 Å². The van der Waals surface area contributed by atoms with E-state index >= 15 is 0 Å². The quantitative estimate of drug-likeness (QED) is 0.794. The van der Waals surface area contributed by atoms with E-state index in [1.807, 2.05) is 0 Å². The minimum atomic E-state index is -4.38. The van der Waals surface area contributed by atoms with Crippen LogP contribution < -0.4 is 19.5 Å².